The molecule has 0 aromatic carbocycles. The highest BCUT2D eigenvalue weighted by atomic mass is 32.2. The molecular weight excluding hydrogens is 510 g/mol. The van der Waals surface area contributed by atoms with Gasteiger partial charge in [0.25, 0.3) is 5.91 Å². The van der Waals surface area contributed by atoms with Gasteiger partial charge < -0.3 is 27.2 Å². The molecule has 3 heterocycles. The van der Waals surface area contributed by atoms with Crippen molar-refractivity contribution in [1.82, 2.24) is 35.7 Å². The van der Waals surface area contributed by atoms with E-state index < -0.39 is 29.3 Å². The highest BCUT2D eigenvalue weighted by Gasteiger charge is 2.54. The maximum Gasteiger partial charge on any atom is 0.352 e. The fourth-order valence-corrected chi connectivity index (χ4v) is 6.37. The van der Waals surface area contributed by atoms with Crippen LogP contribution in [0.2, 0.25) is 0 Å². The van der Waals surface area contributed by atoms with E-state index in [4.69, 9.17) is 11.5 Å². The van der Waals surface area contributed by atoms with Gasteiger partial charge in [0.1, 0.15) is 17.1 Å². The number of carboxylic acids is 1. The van der Waals surface area contributed by atoms with Crippen LogP contribution in [0.1, 0.15) is 19.3 Å². The number of aliphatic carboxylic acids is 1. The number of nitrogens with one attached hydrogen (secondary N) is 2. The van der Waals surface area contributed by atoms with Gasteiger partial charge in [0.15, 0.2) is 0 Å². The van der Waals surface area contributed by atoms with E-state index in [1.54, 1.807) is 0 Å². The molecule has 2 atom stereocenters. The van der Waals surface area contributed by atoms with Crippen molar-refractivity contribution in [2.75, 3.05) is 18.1 Å². The number of thioether (sulfide) groups is 2. The maximum atomic E-state index is 12.9. The summed E-state index contributed by atoms with van der Waals surface area (Å²) in [4.78, 5) is 49.6. The quantitative estimate of drug-likeness (QED) is 0.141. The number of primary amides is 1. The van der Waals surface area contributed by atoms with Crippen LogP contribution in [0.4, 0.5) is 4.79 Å². The molecule has 36 heavy (non-hydrogen) atoms. The van der Waals surface area contributed by atoms with Gasteiger partial charge in [-0.05, 0) is 28.0 Å². The highest BCUT2D eigenvalue weighted by molar-refractivity contribution is 8.01. The molecule has 1 unspecified atom stereocenters. The Morgan fingerprint density at radius 3 is 2.75 bits per heavy atom. The molecule has 0 spiro atoms. The standard InChI is InChI=1S/C20H25N9O5S2/c21-12-4-2-1-3-10(12)7-13(30)24-14-16(31)29-15(18(32)33)11(8-35-17(14)29)9-36-20-25-26-27-28(20)6-5-23-19(22)34/h1-2,14,17H,3-9,21H2,(H,24,30)(H,32,33)(H3,22,23,34)/t14?,17-/m1/s1. The number of amides is 4. The Morgan fingerprint density at radius 1 is 1.25 bits per heavy atom. The summed E-state index contributed by atoms with van der Waals surface area (Å²) in [7, 11) is 0. The first kappa shape index (κ1) is 25.6. The second-order valence-electron chi connectivity index (χ2n) is 8.16. The Balaban J connectivity index is 1.38. The summed E-state index contributed by atoms with van der Waals surface area (Å²) in [5.74, 6) is -1.39. The third-order valence-electron chi connectivity index (χ3n) is 5.76. The fraction of sp³-hybridized carbons (Fsp3) is 0.450. The van der Waals surface area contributed by atoms with Crippen LogP contribution < -0.4 is 22.1 Å². The number of hydrogen-bond donors (Lipinski definition) is 5. The van der Waals surface area contributed by atoms with Crippen molar-refractivity contribution < 1.29 is 24.3 Å². The largest absolute Gasteiger partial charge is 0.477 e. The Morgan fingerprint density at radius 2 is 2.03 bits per heavy atom. The van der Waals surface area contributed by atoms with Gasteiger partial charge in [-0.3, -0.25) is 14.5 Å². The van der Waals surface area contributed by atoms with E-state index in [1.165, 1.54) is 33.1 Å². The number of aromatic nitrogens is 4. The number of rotatable bonds is 10. The third-order valence-corrected chi connectivity index (χ3v) is 8.14. The summed E-state index contributed by atoms with van der Waals surface area (Å²) in [6, 6.07) is -1.46. The molecule has 3 aliphatic rings. The van der Waals surface area contributed by atoms with Gasteiger partial charge in [0.2, 0.25) is 11.1 Å². The summed E-state index contributed by atoms with van der Waals surface area (Å²) in [5, 5.41) is 26.4. The number of urea groups is 1. The van der Waals surface area contributed by atoms with E-state index in [2.05, 4.69) is 26.2 Å². The first-order valence-corrected chi connectivity index (χ1v) is 13.0. The van der Waals surface area contributed by atoms with Crippen molar-refractivity contribution in [3.8, 4) is 0 Å². The molecule has 1 saturated heterocycles. The average Bonchev–Trinajstić information content (AvgIpc) is 3.28. The molecule has 4 rings (SSSR count). The van der Waals surface area contributed by atoms with Crippen LogP contribution in [-0.4, -0.2) is 83.5 Å². The van der Waals surface area contributed by atoms with Gasteiger partial charge in [-0.1, -0.05) is 23.9 Å². The van der Waals surface area contributed by atoms with Crippen molar-refractivity contribution in [1.29, 1.82) is 0 Å². The minimum atomic E-state index is -1.22. The summed E-state index contributed by atoms with van der Waals surface area (Å²) in [5.41, 5.74) is 13.0. The van der Waals surface area contributed by atoms with Gasteiger partial charge in [-0.2, -0.15) is 0 Å². The second-order valence-corrected chi connectivity index (χ2v) is 10.2. The van der Waals surface area contributed by atoms with E-state index in [0.29, 0.717) is 35.0 Å². The molecule has 7 N–H and O–H groups in total. The Kier molecular flexibility index (Phi) is 7.83. The summed E-state index contributed by atoms with van der Waals surface area (Å²) >= 11 is 2.61. The minimum absolute atomic E-state index is 0.0828. The minimum Gasteiger partial charge on any atom is -0.477 e. The normalized spacial score (nSPS) is 21.2. The molecule has 1 aromatic rings. The molecule has 0 saturated carbocycles. The molecule has 192 valence electrons. The number of nitrogens with zero attached hydrogens (tertiary/aromatic N) is 5. The Labute approximate surface area is 213 Å². The zero-order chi connectivity index (χ0) is 25.8. The van der Waals surface area contributed by atoms with Gasteiger partial charge in [-0.25, -0.2) is 14.3 Å². The number of carbonyl (C=O) groups is 4. The number of carboxylic acid groups (broad SMARTS) is 1. The lowest BCUT2D eigenvalue weighted by molar-refractivity contribution is -0.150. The topological polar surface area (TPSA) is 211 Å². The van der Waals surface area contributed by atoms with Crippen molar-refractivity contribution in [2.45, 2.75) is 42.4 Å². The van der Waals surface area contributed by atoms with Crippen molar-refractivity contribution in [2.24, 2.45) is 11.5 Å². The molecule has 1 aliphatic carbocycles. The molecule has 16 heteroatoms. The number of nitrogens with two attached hydrogens (primary N) is 2. The highest BCUT2D eigenvalue weighted by Crippen LogP contribution is 2.41. The van der Waals surface area contributed by atoms with Crippen LogP contribution in [0, 0.1) is 0 Å². The van der Waals surface area contributed by atoms with Crippen molar-refractivity contribution in [3.63, 3.8) is 0 Å². The number of tetrazole rings is 1. The van der Waals surface area contributed by atoms with Gasteiger partial charge in [-0.15, -0.1) is 16.9 Å². The van der Waals surface area contributed by atoms with Gasteiger partial charge in [0.05, 0.1) is 6.54 Å². The smallest absolute Gasteiger partial charge is 0.352 e. The average molecular weight is 536 g/mol. The first-order chi connectivity index (χ1) is 17.3. The number of fused-ring (bicyclic) bond motifs is 1. The number of hydrogen-bond acceptors (Lipinski definition) is 10. The van der Waals surface area contributed by atoms with Crippen LogP contribution in [-0.2, 0) is 20.9 Å². The monoisotopic (exact) mass is 535 g/mol. The lowest BCUT2D eigenvalue weighted by atomic mass is 9.98. The molecule has 1 aromatic heterocycles. The van der Waals surface area contributed by atoms with Gasteiger partial charge >= 0.3 is 12.0 Å². The molecule has 14 nitrogen and oxygen atoms in total. The molecule has 4 amide bonds. The zero-order valence-electron chi connectivity index (χ0n) is 19.0. The van der Waals surface area contributed by atoms with E-state index in [1.807, 2.05) is 12.2 Å². The van der Waals surface area contributed by atoms with Crippen LogP contribution >= 0.6 is 23.5 Å². The van der Waals surface area contributed by atoms with E-state index >= 15 is 0 Å². The molecular formula is C20H25N9O5S2. The number of allylic oxidation sites excluding steroid dienone is 2. The first-order valence-electron chi connectivity index (χ1n) is 11.0. The SMILES string of the molecule is NC(=O)NCCn1nnnc1SCC1=C(C(=O)O)N2C(=O)C(NC(=O)CC3=C(N)CC=CC3)[C@H]2SC1. The predicted octanol–water partition coefficient (Wildman–Crippen LogP) is -0.875. The van der Waals surface area contributed by atoms with Crippen molar-refractivity contribution >= 4 is 47.3 Å². The lowest BCUT2D eigenvalue weighted by Gasteiger charge is -2.49. The summed E-state index contributed by atoms with van der Waals surface area (Å²) in [6.07, 6.45) is 5.19. The fourth-order valence-electron chi connectivity index (χ4n) is 3.99. The second kappa shape index (κ2) is 11.0. The van der Waals surface area contributed by atoms with Crippen LogP contribution in [0.25, 0.3) is 0 Å². The Bertz CT molecular complexity index is 1180. The maximum absolute atomic E-state index is 12.9. The van der Waals surface area contributed by atoms with E-state index in [0.717, 1.165) is 5.57 Å². The summed E-state index contributed by atoms with van der Waals surface area (Å²) < 4.78 is 1.46. The van der Waals surface area contributed by atoms with Crippen LogP contribution in [0.3, 0.4) is 0 Å². The van der Waals surface area contributed by atoms with E-state index in [-0.39, 0.29) is 36.9 Å². The van der Waals surface area contributed by atoms with Crippen LogP contribution in [0.15, 0.2) is 39.8 Å². The lowest BCUT2D eigenvalue weighted by Crippen LogP contribution is -2.70. The Hall–Kier alpha value is -3.53. The zero-order valence-corrected chi connectivity index (χ0v) is 20.7. The summed E-state index contributed by atoms with van der Waals surface area (Å²) in [6.45, 7) is 0.509. The number of carbonyl (C=O) groups excluding carboxylic acids is 3. The van der Waals surface area contributed by atoms with E-state index in [9.17, 15) is 24.3 Å². The molecule has 2 aliphatic heterocycles. The number of β-lactam (4-membered cyclic amide) rings is 1. The third kappa shape index (κ3) is 5.48. The van der Waals surface area contributed by atoms with Gasteiger partial charge in [0, 0.05) is 36.6 Å². The molecule has 0 radical (unpaired) electrons. The van der Waals surface area contributed by atoms with Crippen LogP contribution in [0.5, 0.6) is 0 Å². The molecule has 0 bridgehead atoms. The molecule has 1 fully saturated rings. The van der Waals surface area contributed by atoms with Crippen molar-refractivity contribution in [3.05, 3.63) is 34.7 Å². The predicted molar refractivity (Wildman–Crippen MR) is 130 cm³/mol.